The van der Waals surface area contributed by atoms with Crippen LogP contribution in [-0.2, 0) is 13.0 Å². The van der Waals surface area contributed by atoms with E-state index in [0.29, 0.717) is 16.1 Å². The minimum atomic E-state index is 0.139. The fourth-order valence-corrected chi connectivity index (χ4v) is 4.59. The Bertz CT molecular complexity index is 1150. The van der Waals surface area contributed by atoms with E-state index in [1.807, 2.05) is 48.7 Å². The van der Waals surface area contributed by atoms with Crippen LogP contribution in [0.2, 0.25) is 10.0 Å². The first-order valence-corrected chi connectivity index (χ1v) is 11.9. The van der Waals surface area contributed by atoms with Gasteiger partial charge in [-0.15, -0.1) is 0 Å². The topological polar surface area (TPSA) is 73.2 Å². The van der Waals surface area contributed by atoms with Gasteiger partial charge in [0.25, 0.3) is 6.01 Å². The Balaban J connectivity index is 1.20. The van der Waals surface area contributed by atoms with Crippen LogP contribution >= 0.6 is 23.2 Å². The number of nitrogens with zero attached hydrogens (tertiary/aromatic N) is 4. The summed E-state index contributed by atoms with van der Waals surface area (Å²) in [5.74, 6) is 0. The van der Waals surface area contributed by atoms with E-state index in [1.54, 1.807) is 6.33 Å². The van der Waals surface area contributed by atoms with Crippen LogP contribution in [-0.4, -0.2) is 63.5 Å². The zero-order chi connectivity index (χ0) is 22.6. The van der Waals surface area contributed by atoms with Gasteiger partial charge in [-0.1, -0.05) is 41.4 Å². The van der Waals surface area contributed by atoms with E-state index in [0.717, 1.165) is 62.5 Å². The molecule has 1 saturated heterocycles. The van der Waals surface area contributed by atoms with Crippen molar-refractivity contribution < 1.29 is 4.42 Å². The maximum Gasteiger partial charge on any atom is 0.295 e. The summed E-state index contributed by atoms with van der Waals surface area (Å²) in [7, 11) is 0. The summed E-state index contributed by atoms with van der Waals surface area (Å²) in [6, 6.07) is 14.4. The zero-order valence-corrected chi connectivity index (χ0v) is 19.7. The van der Waals surface area contributed by atoms with E-state index in [1.165, 1.54) is 5.56 Å². The highest BCUT2D eigenvalue weighted by Crippen LogP contribution is 2.24. The molecule has 4 aromatic rings. The number of fused-ring (bicyclic) bond motifs is 1. The maximum absolute atomic E-state index is 6.18. The number of nitrogens with one attached hydrogen (secondary N) is 2. The van der Waals surface area contributed by atoms with Crippen molar-refractivity contribution in [3.63, 3.8) is 0 Å². The third-order valence-electron chi connectivity index (χ3n) is 5.98. The van der Waals surface area contributed by atoms with Crippen LogP contribution in [0.1, 0.15) is 11.3 Å². The van der Waals surface area contributed by atoms with Crippen LogP contribution in [0.5, 0.6) is 0 Å². The third kappa shape index (κ3) is 5.68. The lowest BCUT2D eigenvalue weighted by Crippen LogP contribution is -2.49. The number of hydrogen-bond acceptors (Lipinski definition) is 6. The second-order valence-electron chi connectivity index (χ2n) is 8.43. The van der Waals surface area contributed by atoms with Gasteiger partial charge in [0, 0.05) is 63.6 Å². The highest BCUT2D eigenvalue weighted by molar-refractivity contribution is 6.42. The number of piperazine rings is 1. The van der Waals surface area contributed by atoms with Gasteiger partial charge in [-0.2, -0.15) is 4.98 Å². The molecule has 1 atom stereocenters. The smallest absolute Gasteiger partial charge is 0.295 e. The molecule has 0 amide bonds. The summed E-state index contributed by atoms with van der Waals surface area (Å²) in [5.41, 5.74) is 3.92. The Morgan fingerprint density at radius 1 is 1.03 bits per heavy atom. The van der Waals surface area contributed by atoms with E-state index in [9.17, 15) is 0 Å². The van der Waals surface area contributed by atoms with Crippen molar-refractivity contribution in [1.82, 2.24) is 24.8 Å². The van der Waals surface area contributed by atoms with E-state index in [-0.39, 0.29) is 6.04 Å². The molecule has 0 saturated carbocycles. The standard InChI is InChI=1S/C24H26Cl2N6O/c25-20-6-5-17(11-21(20)26)14-31-7-9-32(10-8-31)15-19(12-18-13-27-16-28-18)29-24-30-22-3-1-2-4-23(22)33-24/h1-6,11,13,16,19H,7-10,12,14-15H2,(H,27,28)(H,29,30). The summed E-state index contributed by atoms with van der Waals surface area (Å²) in [4.78, 5) is 16.9. The Kier molecular flexibility index (Phi) is 6.83. The van der Waals surface area contributed by atoms with Crippen molar-refractivity contribution in [2.75, 3.05) is 38.0 Å². The fraction of sp³-hybridized carbons (Fsp3) is 0.333. The van der Waals surface area contributed by atoms with Crippen LogP contribution < -0.4 is 5.32 Å². The van der Waals surface area contributed by atoms with Crippen LogP contribution in [0.3, 0.4) is 0 Å². The van der Waals surface area contributed by atoms with Crippen molar-refractivity contribution in [2.45, 2.75) is 19.0 Å². The van der Waals surface area contributed by atoms with E-state index >= 15 is 0 Å². The van der Waals surface area contributed by atoms with Crippen molar-refractivity contribution in [2.24, 2.45) is 0 Å². The number of aromatic nitrogens is 3. The normalized spacial score (nSPS) is 16.3. The van der Waals surface area contributed by atoms with Crippen molar-refractivity contribution >= 4 is 40.3 Å². The summed E-state index contributed by atoms with van der Waals surface area (Å²) < 4.78 is 5.91. The molecule has 0 spiro atoms. The summed E-state index contributed by atoms with van der Waals surface area (Å²) in [6.07, 6.45) is 4.39. The SMILES string of the molecule is Clc1ccc(CN2CCN(CC(Cc3cnc[nH]3)Nc3nc4ccccc4o3)CC2)cc1Cl. The quantitative estimate of drug-likeness (QED) is 0.377. The van der Waals surface area contributed by atoms with Crippen molar-refractivity contribution in [3.8, 4) is 0 Å². The number of halogens is 2. The average Bonchev–Trinajstić information content (AvgIpc) is 3.47. The number of para-hydroxylation sites is 2. The number of aromatic amines is 1. The van der Waals surface area contributed by atoms with Crippen LogP contribution in [0.15, 0.2) is 59.4 Å². The Hall–Kier alpha value is -2.58. The monoisotopic (exact) mass is 484 g/mol. The molecular formula is C24H26Cl2N6O. The molecule has 7 nitrogen and oxygen atoms in total. The predicted molar refractivity (Wildman–Crippen MR) is 132 cm³/mol. The molecule has 0 bridgehead atoms. The number of imidazole rings is 1. The van der Waals surface area contributed by atoms with Gasteiger partial charge < -0.3 is 14.7 Å². The number of oxazole rings is 1. The van der Waals surface area contributed by atoms with Gasteiger partial charge >= 0.3 is 0 Å². The lowest BCUT2D eigenvalue weighted by atomic mass is 10.1. The van der Waals surface area contributed by atoms with Crippen molar-refractivity contribution in [3.05, 3.63) is 76.3 Å². The summed E-state index contributed by atoms with van der Waals surface area (Å²) in [5, 5.41) is 4.72. The molecule has 3 heterocycles. The highest BCUT2D eigenvalue weighted by atomic mass is 35.5. The second-order valence-corrected chi connectivity index (χ2v) is 9.25. The molecule has 172 valence electrons. The van der Waals surface area contributed by atoms with Crippen LogP contribution in [0.25, 0.3) is 11.1 Å². The first kappa shape index (κ1) is 22.2. The maximum atomic E-state index is 6.18. The molecule has 1 aliphatic heterocycles. The molecule has 2 aromatic carbocycles. The Labute approximate surface area is 202 Å². The molecule has 1 fully saturated rings. The molecule has 9 heteroatoms. The molecule has 0 aliphatic carbocycles. The van der Waals surface area contributed by atoms with Crippen LogP contribution in [0, 0.1) is 0 Å². The van der Waals surface area contributed by atoms with E-state index in [4.69, 9.17) is 27.6 Å². The van der Waals surface area contributed by atoms with Gasteiger partial charge in [0.05, 0.1) is 16.4 Å². The van der Waals surface area contributed by atoms with Gasteiger partial charge in [0.15, 0.2) is 5.58 Å². The highest BCUT2D eigenvalue weighted by Gasteiger charge is 2.22. The zero-order valence-electron chi connectivity index (χ0n) is 18.2. The largest absolute Gasteiger partial charge is 0.424 e. The number of anilines is 1. The second kappa shape index (κ2) is 10.1. The fourth-order valence-electron chi connectivity index (χ4n) is 4.27. The number of rotatable bonds is 8. The molecule has 2 aromatic heterocycles. The molecular weight excluding hydrogens is 459 g/mol. The third-order valence-corrected chi connectivity index (χ3v) is 6.72. The molecule has 5 rings (SSSR count). The summed E-state index contributed by atoms with van der Waals surface area (Å²) in [6.45, 7) is 5.76. The summed E-state index contributed by atoms with van der Waals surface area (Å²) >= 11 is 12.2. The van der Waals surface area contributed by atoms with Crippen LogP contribution in [0.4, 0.5) is 6.01 Å². The minimum Gasteiger partial charge on any atom is -0.424 e. The Morgan fingerprint density at radius 3 is 2.61 bits per heavy atom. The lowest BCUT2D eigenvalue weighted by Gasteiger charge is -2.36. The Morgan fingerprint density at radius 2 is 1.85 bits per heavy atom. The van der Waals surface area contributed by atoms with E-state index < -0.39 is 0 Å². The number of hydrogen-bond donors (Lipinski definition) is 2. The lowest BCUT2D eigenvalue weighted by molar-refractivity contribution is 0.123. The van der Waals surface area contributed by atoms with Gasteiger partial charge in [-0.3, -0.25) is 9.80 Å². The van der Waals surface area contributed by atoms with Gasteiger partial charge in [-0.25, -0.2) is 4.98 Å². The number of benzene rings is 2. The van der Waals surface area contributed by atoms with Gasteiger partial charge in [0.1, 0.15) is 5.52 Å². The van der Waals surface area contributed by atoms with Crippen molar-refractivity contribution in [1.29, 1.82) is 0 Å². The van der Waals surface area contributed by atoms with E-state index in [2.05, 4.69) is 30.1 Å². The first-order valence-electron chi connectivity index (χ1n) is 11.1. The first-order chi connectivity index (χ1) is 16.1. The van der Waals surface area contributed by atoms with Gasteiger partial charge in [-0.05, 0) is 29.8 Å². The molecule has 1 unspecified atom stereocenters. The predicted octanol–water partition coefficient (Wildman–Crippen LogP) is 4.70. The van der Waals surface area contributed by atoms with Gasteiger partial charge in [0.2, 0.25) is 0 Å². The number of H-pyrrole nitrogens is 1. The molecule has 1 aliphatic rings. The average molecular weight is 485 g/mol. The minimum absolute atomic E-state index is 0.139. The molecule has 33 heavy (non-hydrogen) atoms. The molecule has 0 radical (unpaired) electrons. The molecule has 2 N–H and O–H groups in total.